The molecule has 4 heteroatoms. The Morgan fingerprint density at radius 2 is 1.67 bits per heavy atom. The standard InChI is InChI=1S/C17H18N4/c1-11-5-3-6-13(12(11)2)16(21-18)14-7-4-8-15-17(14)20-10-9-19-15/h3-10,16,21H,18H2,1-2H3. The third-order valence-corrected chi connectivity index (χ3v) is 3.97. The van der Waals surface area contributed by atoms with Gasteiger partial charge >= 0.3 is 0 Å². The van der Waals surface area contributed by atoms with Gasteiger partial charge in [0.25, 0.3) is 0 Å². The van der Waals surface area contributed by atoms with E-state index in [0.717, 1.165) is 22.2 Å². The Kier molecular flexibility index (Phi) is 3.64. The third kappa shape index (κ3) is 2.39. The minimum atomic E-state index is -0.106. The van der Waals surface area contributed by atoms with Gasteiger partial charge in [0, 0.05) is 18.0 Å². The minimum absolute atomic E-state index is 0.106. The summed E-state index contributed by atoms with van der Waals surface area (Å²) >= 11 is 0. The van der Waals surface area contributed by atoms with Crippen LogP contribution >= 0.6 is 0 Å². The maximum atomic E-state index is 5.85. The van der Waals surface area contributed by atoms with Crippen LogP contribution < -0.4 is 11.3 Å². The van der Waals surface area contributed by atoms with Crippen molar-refractivity contribution in [1.29, 1.82) is 0 Å². The first-order chi connectivity index (χ1) is 10.2. The summed E-state index contributed by atoms with van der Waals surface area (Å²) in [6.07, 6.45) is 3.41. The summed E-state index contributed by atoms with van der Waals surface area (Å²) in [6.45, 7) is 4.22. The van der Waals surface area contributed by atoms with Gasteiger partial charge in [-0.25, -0.2) is 5.43 Å². The molecule has 1 unspecified atom stereocenters. The largest absolute Gasteiger partial charge is 0.271 e. The minimum Gasteiger partial charge on any atom is -0.271 e. The molecule has 2 aromatic carbocycles. The number of fused-ring (bicyclic) bond motifs is 1. The topological polar surface area (TPSA) is 63.8 Å². The van der Waals surface area contributed by atoms with Crippen molar-refractivity contribution in [2.24, 2.45) is 5.84 Å². The lowest BCUT2D eigenvalue weighted by atomic mass is 9.92. The quantitative estimate of drug-likeness (QED) is 0.571. The van der Waals surface area contributed by atoms with Crippen molar-refractivity contribution < 1.29 is 0 Å². The van der Waals surface area contributed by atoms with E-state index in [4.69, 9.17) is 5.84 Å². The smallest absolute Gasteiger partial charge is 0.0938 e. The lowest BCUT2D eigenvalue weighted by Gasteiger charge is -2.21. The van der Waals surface area contributed by atoms with Crippen molar-refractivity contribution in [3.05, 3.63) is 71.0 Å². The van der Waals surface area contributed by atoms with E-state index >= 15 is 0 Å². The van der Waals surface area contributed by atoms with Gasteiger partial charge in [0.15, 0.2) is 0 Å². The Morgan fingerprint density at radius 3 is 2.48 bits per heavy atom. The zero-order valence-corrected chi connectivity index (χ0v) is 12.2. The number of aryl methyl sites for hydroxylation is 1. The second kappa shape index (κ2) is 5.60. The highest BCUT2D eigenvalue weighted by atomic mass is 15.2. The van der Waals surface area contributed by atoms with Crippen molar-refractivity contribution in [3.8, 4) is 0 Å². The number of hydrazine groups is 1. The normalized spacial score (nSPS) is 12.5. The van der Waals surface area contributed by atoms with Crippen LogP contribution in [0.15, 0.2) is 48.8 Å². The van der Waals surface area contributed by atoms with E-state index < -0.39 is 0 Å². The molecule has 0 radical (unpaired) electrons. The molecule has 0 saturated heterocycles. The highest BCUT2D eigenvalue weighted by Crippen LogP contribution is 2.29. The number of nitrogens with one attached hydrogen (secondary N) is 1. The van der Waals surface area contributed by atoms with Gasteiger partial charge < -0.3 is 0 Å². The maximum absolute atomic E-state index is 5.85. The molecule has 0 saturated carbocycles. The maximum Gasteiger partial charge on any atom is 0.0938 e. The molecule has 0 aliphatic heterocycles. The van der Waals surface area contributed by atoms with Gasteiger partial charge in [-0.05, 0) is 36.6 Å². The Labute approximate surface area is 124 Å². The summed E-state index contributed by atoms with van der Waals surface area (Å²) in [4.78, 5) is 8.83. The number of hydrogen-bond acceptors (Lipinski definition) is 4. The van der Waals surface area contributed by atoms with Crippen LogP contribution in [0.2, 0.25) is 0 Å². The van der Waals surface area contributed by atoms with E-state index in [1.54, 1.807) is 12.4 Å². The lowest BCUT2D eigenvalue weighted by Crippen LogP contribution is -2.29. The fourth-order valence-corrected chi connectivity index (χ4v) is 2.68. The molecule has 0 aliphatic rings. The molecular weight excluding hydrogens is 260 g/mol. The summed E-state index contributed by atoms with van der Waals surface area (Å²) < 4.78 is 0. The molecule has 4 nitrogen and oxygen atoms in total. The van der Waals surface area contributed by atoms with E-state index in [2.05, 4.69) is 47.4 Å². The van der Waals surface area contributed by atoms with Crippen LogP contribution in [0.3, 0.4) is 0 Å². The number of hydrogen-bond donors (Lipinski definition) is 2. The van der Waals surface area contributed by atoms with Crippen LogP contribution in [0.5, 0.6) is 0 Å². The van der Waals surface area contributed by atoms with E-state index in [-0.39, 0.29) is 6.04 Å². The van der Waals surface area contributed by atoms with E-state index in [1.165, 1.54) is 11.1 Å². The van der Waals surface area contributed by atoms with Crippen molar-refractivity contribution in [1.82, 2.24) is 15.4 Å². The average Bonchev–Trinajstić information content (AvgIpc) is 2.52. The van der Waals surface area contributed by atoms with Crippen LogP contribution in [0, 0.1) is 13.8 Å². The molecular formula is C17H18N4. The zero-order valence-electron chi connectivity index (χ0n) is 12.2. The Morgan fingerprint density at radius 1 is 0.952 bits per heavy atom. The molecule has 3 rings (SSSR count). The molecule has 3 N–H and O–H groups in total. The van der Waals surface area contributed by atoms with Crippen molar-refractivity contribution >= 4 is 11.0 Å². The first kappa shape index (κ1) is 13.7. The number of rotatable bonds is 3. The summed E-state index contributed by atoms with van der Waals surface area (Å²) in [5, 5.41) is 0. The predicted octanol–water partition coefficient (Wildman–Crippen LogP) is 2.80. The zero-order chi connectivity index (χ0) is 14.8. The lowest BCUT2D eigenvalue weighted by molar-refractivity contribution is 0.636. The highest BCUT2D eigenvalue weighted by molar-refractivity contribution is 5.78. The van der Waals surface area contributed by atoms with Gasteiger partial charge in [-0.2, -0.15) is 0 Å². The van der Waals surface area contributed by atoms with Gasteiger partial charge in [0.2, 0.25) is 0 Å². The van der Waals surface area contributed by atoms with Crippen LogP contribution in [0.25, 0.3) is 11.0 Å². The second-order valence-corrected chi connectivity index (χ2v) is 5.16. The number of para-hydroxylation sites is 1. The van der Waals surface area contributed by atoms with Crippen LogP contribution in [0.1, 0.15) is 28.3 Å². The fourth-order valence-electron chi connectivity index (χ4n) is 2.68. The first-order valence-electron chi connectivity index (χ1n) is 6.94. The molecule has 3 aromatic rings. The van der Waals surface area contributed by atoms with Gasteiger partial charge in [-0.3, -0.25) is 15.8 Å². The van der Waals surface area contributed by atoms with Gasteiger partial charge in [-0.15, -0.1) is 0 Å². The molecule has 0 amide bonds. The summed E-state index contributed by atoms with van der Waals surface area (Å²) in [5.74, 6) is 5.85. The Hall–Kier alpha value is -2.30. The molecule has 21 heavy (non-hydrogen) atoms. The highest BCUT2D eigenvalue weighted by Gasteiger charge is 2.18. The molecule has 1 heterocycles. The number of aromatic nitrogens is 2. The molecule has 0 spiro atoms. The van der Waals surface area contributed by atoms with Gasteiger partial charge in [-0.1, -0.05) is 30.3 Å². The van der Waals surface area contributed by atoms with Gasteiger partial charge in [0.1, 0.15) is 0 Å². The average molecular weight is 278 g/mol. The Bertz CT molecular complexity index is 777. The molecule has 106 valence electrons. The molecule has 0 aliphatic carbocycles. The molecule has 1 atom stereocenters. The van der Waals surface area contributed by atoms with Gasteiger partial charge in [0.05, 0.1) is 17.1 Å². The van der Waals surface area contributed by atoms with Crippen LogP contribution in [-0.2, 0) is 0 Å². The number of nitrogens with two attached hydrogens (primary N) is 1. The second-order valence-electron chi connectivity index (χ2n) is 5.16. The summed E-state index contributed by atoms with van der Waals surface area (Å²) in [6, 6.07) is 12.1. The van der Waals surface area contributed by atoms with Crippen molar-refractivity contribution in [2.45, 2.75) is 19.9 Å². The van der Waals surface area contributed by atoms with Crippen molar-refractivity contribution in [3.63, 3.8) is 0 Å². The monoisotopic (exact) mass is 278 g/mol. The van der Waals surface area contributed by atoms with E-state index in [0.29, 0.717) is 0 Å². The fraction of sp³-hybridized carbons (Fsp3) is 0.176. The van der Waals surface area contributed by atoms with E-state index in [9.17, 15) is 0 Å². The SMILES string of the molecule is Cc1cccc(C(NN)c2cccc3nccnc23)c1C. The molecule has 1 aromatic heterocycles. The number of nitrogens with zero attached hydrogens (tertiary/aromatic N) is 2. The molecule has 0 fully saturated rings. The van der Waals surface area contributed by atoms with Crippen LogP contribution in [-0.4, -0.2) is 9.97 Å². The Balaban J connectivity index is 2.21. The van der Waals surface area contributed by atoms with Crippen LogP contribution in [0.4, 0.5) is 0 Å². The summed E-state index contributed by atoms with van der Waals surface area (Å²) in [7, 11) is 0. The third-order valence-electron chi connectivity index (χ3n) is 3.97. The molecule has 0 bridgehead atoms. The predicted molar refractivity (Wildman–Crippen MR) is 84.6 cm³/mol. The first-order valence-corrected chi connectivity index (χ1v) is 6.94. The van der Waals surface area contributed by atoms with E-state index in [1.807, 2.05) is 18.2 Å². The summed E-state index contributed by atoms with van der Waals surface area (Å²) in [5.41, 5.74) is 9.37. The van der Waals surface area contributed by atoms with Crippen molar-refractivity contribution in [2.75, 3.05) is 0 Å². The number of benzene rings is 2.